The summed E-state index contributed by atoms with van der Waals surface area (Å²) in [4.78, 5) is 12.8. The lowest BCUT2D eigenvalue weighted by Gasteiger charge is -2.36. The SMILES string of the molecule is C/C=C1\CC2CC(=O)OC(/C=C/C=C\C=C(/C)CC)C/C=C/CCC3CCCC(CC(C1)O2)O3. The third-order valence-electron chi connectivity index (χ3n) is 7.09. The van der Waals surface area contributed by atoms with E-state index in [9.17, 15) is 4.79 Å². The molecule has 2 saturated heterocycles. The van der Waals surface area contributed by atoms with Crippen LogP contribution in [0.2, 0.25) is 0 Å². The number of esters is 1. The predicted molar refractivity (Wildman–Crippen MR) is 139 cm³/mol. The highest BCUT2D eigenvalue weighted by Crippen LogP contribution is 2.32. The van der Waals surface area contributed by atoms with E-state index in [0.717, 1.165) is 51.4 Å². The summed E-state index contributed by atoms with van der Waals surface area (Å²) in [7, 11) is 0. The molecule has 0 N–H and O–H groups in total. The average molecular weight is 469 g/mol. The molecule has 4 bridgehead atoms. The van der Waals surface area contributed by atoms with Gasteiger partial charge in [0.1, 0.15) is 6.10 Å². The van der Waals surface area contributed by atoms with Gasteiger partial charge < -0.3 is 14.2 Å². The smallest absolute Gasteiger partial charge is 0.309 e. The van der Waals surface area contributed by atoms with Gasteiger partial charge in [-0.05, 0) is 71.3 Å². The monoisotopic (exact) mass is 468 g/mol. The Balaban J connectivity index is 1.70. The summed E-state index contributed by atoms with van der Waals surface area (Å²) in [6.07, 6.45) is 27.2. The molecule has 3 aliphatic rings. The number of hydrogen-bond donors (Lipinski definition) is 0. The zero-order chi connectivity index (χ0) is 24.2. The molecule has 3 aliphatic heterocycles. The minimum Gasteiger partial charge on any atom is -0.458 e. The van der Waals surface area contributed by atoms with E-state index in [1.807, 2.05) is 24.3 Å². The predicted octanol–water partition coefficient (Wildman–Crippen LogP) is 7.32. The van der Waals surface area contributed by atoms with Crippen LogP contribution >= 0.6 is 0 Å². The molecule has 0 aromatic rings. The molecular formula is C30H44O4. The van der Waals surface area contributed by atoms with Gasteiger partial charge in [-0.15, -0.1) is 0 Å². The van der Waals surface area contributed by atoms with Gasteiger partial charge in [0.15, 0.2) is 0 Å². The lowest BCUT2D eigenvalue weighted by molar-refractivity contribution is -0.153. The Kier molecular flexibility index (Phi) is 11.4. The van der Waals surface area contributed by atoms with Crippen LogP contribution in [0, 0.1) is 0 Å². The van der Waals surface area contributed by atoms with Crippen LogP contribution in [0.1, 0.15) is 91.4 Å². The van der Waals surface area contributed by atoms with Gasteiger partial charge >= 0.3 is 5.97 Å². The Hall–Kier alpha value is -1.91. The number of carbonyl (C=O) groups is 1. The van der Waals surface area contributed by atoms with Gasteiger partial charge in [-0.1, -0.05) is 60.6 Å². The normalized spacial score (nSPS) is 34.4. The van der Waals surface area contributed by atoms with Crippen molar-refractivity contribution in [1.82, 2.24) is 0 Å². The van der Waals surface area contributed by atoms with Crippen LogP contribution in [0.25, 0.3) is 0 Å². The second-order valence-corrected chi connectivity index (χ2v) is 9.94. The van der Waals surface area contributed by atoms with Crippen molar-refractivity contribution < 1.29 is 19.0 Å². The maximum Gasteiger partial charge on any atom is 0.309 e. The number of rotatable bonds is 4. The van der Waals surface area contributed by atoms with Crippen LogP contribution in [-0.2, 0) is 19.0 Å². The van der Waals surface area contributed by atoms with Crippen molar-refractivity contribution in [1.29, 1.82) is 0 Å². The van der Waals surface area contributed by atoms with Gasteiger partial charge in [0, 0.05) is 12.8 Å². The molecule has 5 unspecified atom stereocenters. The Labute approximate surface area is 206 Å². The first-order valence-corrected chi connectivity index (χ1v) is 13.4. The van der Waals surface area contributed by atoms with Crippen LogP contribution in [0.3, 0.4) is 0 Å². The zero-order valence-corrected chi connectivity index (χ0v) is 21.4. The summed E-state index contributed by atoms with van der Waals surface area (Å²) in [6.45, 7) is 6.36. The second kappa shape index (κ2) is 14.5. The van der Waals surface area contributed by atoms with E-state index < -0.39 is 0 Å². The van der Waals surface area contributed by atoms with Crippen molar-refractivity contribution in [2.75, 3.05) is 0 Å². The third-order valence-corrected chi connectivity index (χ3v) is 7.09. The van der Waals surface area contributed by atoms with E-state index in [1.165, 1.54) is 17.6 Å². The first kappa shape index (κ1) is 26.7. The van der Waals surface area contributed by atoms with Crippen molar-refractivity contribution in [3.05, 3.63) is 59.8 Å². The lowest BCUT2D eigenvalue weighted by Crippen LogP contribution is -2.36. The van der Waals surface area contributed by atoms with Crippen molar-refractivity contribution in [3.8, 4) is 0 Å². The first-order chi connectivity index (χ1) is 16.6. The molecule has 0 amide bonds. The Morgan fingerprint density at radius 1 is 0.971 bits per heavy atom. The van der Waals surface area contributed by atoms with Crippen LogP contribution in [-0.4, -0.2) is 36.5 Å². The molecule has 5 atom stereocenters. The lowest BCUT2D eigenvalue weighted by atomic mass is 9.91. The number of ether oxygens (including phenoxy) is 3. The Bertz CT molecular complexity index is 788. The largest absolute Gasteiger partial charge is 0.458 e. The summed E-state index contributed by atoms with van der Waals surface area (Å²) in [6, 6.07) is 0. The minimum absolute atomic E-state index is 0.119. The summed E-state index contributed by atoms with van der Waals surface area (Å²) in [5, 5.41) is 0. The van der Waals surface area contributed by atoms with Crippen molar-refractivity contribution in [2.24, 2.45) is 0 Å². The van der Waals surface area contributed by atoms with Gasteiger partial charge in [-0.3, -0.25) is 4.79 Å². The number of carbonyl (C=O) groups excluding carboxylic acids is 1. The van der Waals surface area contributed by atoms with Crippen LogP contribution < -0.4 is 0 Å². The second-order valence-electron chi connectivity index (χ2n) is 9.94. The molecule has 0 spiro atoms. The molecule has 4 heteroatoms. The molecule has 0 aromatic carbocycles. The molecule has 0 radical (unpaired) electrons. The fourth-order valence-corrected chi connectivity index (χ4v) is 4.98. The number of cyclic esters (lactones) is 1. The maximum absolute atomic E-state index is 12.8. The van der Waals surface area contributed by atoms with Gasteiger partial charge in [-0.25, -0.2) is 0 Å². The summed E-state index contributed by atoms with van der Waals surface area (Å²) >= 11 is 0. The number of fused-ring (bicyclic) bond motifs is 4. The van der Waals surface area contributed by atoms with Gasteiger partial charge in [0.2, 0.25) is 0 Å². The molecule has 2 fully saturated rings. The van der Waals surface area contributed by atoms with Crippen LogP contribution in [0.5, 0.6) is 0 Å². The fourth-order valence-electron chi connectivity index (χ4n) is 4.98. The molecule has 188 valence electrons. The molecule has 0 aliphatic carbocycles. The van der Waals surface area contributed by atoms with E-state index in [0.29, 0.717) is 18.9 Å². The van der Waals surface area contributed by atoms with E-state index in [-0.39, 0.29) is 30.4 Å². The van der Waals surface area contributed by atoms with Gasteiger partial charge in [0.05, 0.1) is 30.8 Å². The molecule has 3 rings (SSSR count). The Morgan fingerprint density at radius 2 is 1.76 bits per heavy atom. The van der Waals surface area contributed by atoms with Gasteiger partial charge in [-0.2, -0.15) is 0 Å². The quantitative estimate of drug-likeness (QED) is 0.246. The first-order valence-electron chi connectivity index (χ1n) is 13.4. The van der Waals surface area contributed by atoms with Crippen molar-refractivity contribution in [2.45, 2.75) is 122 Å². The number of hydrogen-bond acceptors (Lipinski definition) is 4. The van der Waals surface area contributed by atoms with E-state index in [2.05, 4.69) is 45.1 Å². The van der Waals surface area contributed by atoms with E-state index >= 15 is 0 Å². The summed E-state index contributed by atoms with van der Waals surface area (Å²) < 4.78 is 18.7. The highest BCUT2D eigenvalue weighted by molar-refractivity contribution is 5.70. The molecular weight excluding hydrogens is 424 g/mol. The average Bonchev–Trinajstić information content (AvgIpc) is 2.82. The fraction of sp³-hybridized carbons (Fsp3) is 0.633. The van der Waals surface area contributed by atoms with Crippen molar-refractivity contribution >= 4 is 5.97 Å². The molecule has 0 aromatic heterocycles. The highest BCUT2D eigenvalue weighted by Gasteiger charge is 2.32. The number of allylic oxidation sites excluding steroid dienone is 7. The van der Waals surface area contributed by atoms with Gasteiger partial charge in [0.25, 0.3) is 0 Å². The topological polar surface area (TPSA) is 44.8 Å². The minimum atomic E-state index is -0.270. The molecule has 4 nitrogen and oxygen atoms in total. The molecule has 0 saturated carbocycles. The zero-order valence-electron chi connectivity index (χ0n) is 21.4. The van der Waals surface area contributed by atoms with Crippen LogP contribution in [0.15, 0.2) is 59.8 Å². The maximum atomic E-state index is 12.8. The molecule has 3 heterocycles. The standard InChI is InChI=1S/C30H44O4/c1-4-23(3)13-8-6-9-15-26-16-11-7-10-14-25-17-12-18-27(32-25)21-28-19-24(5-2)20-29(33-28)22-30(31)34-26/h5-9,11,13,15,25-29H,4,10,12,14,16-22H2,1-3H3/b8-6-,11-7+,15-9+,23-13+,24-5-. The van der Waals surface area contributed by atoms with E-state index in [1.54, 1.807) is 0 Å². The van der Waals surface area contributed by atoms with E-state index in [4.69, 9.17) is 14.2 Å². The summed E-state index contributed by atoms with van der Waals surface area (Å²) in [5.41, 5.74) is 2.71. The summed E-state index contributed by atoms with van der Waals surface area (Å²) in [5.74, 6) is -0.184. The van der Waals surface area contributed by atoms with Crippen LogP contribution in [0.4, 0.5) is 0 Å². The molecule has 34 heavy (non-hydrogen) atoms. The van der Waals surface area contributed by atoms with Crippen molar-refractivity contribution in [3.63, 3.8) is 0 Å². The third kappa shape index (κ3) is 9.38. The Morgan fingerprint density at radius 3 is 2.59 bits per heavy atom. The highest BCUT2D eigenvalue weighted by atomic mass is 16.5.